The van der Waals surface area contributed by atoms with Crippen LogP contribution in [0.15, 0.2) is 52.3 Å². The summed E-state index contributed by atoms with van der Waals surface area (Å²) in [5.41, 5.74) is 2.79. The SMILES string of the molecule is COC(=O)c1c(SCC(=O)Nc2c(C)cccc2C)[nH]c2ccccc2c1=O. The van der Waals surface area contributed by atoms with Crippen LogP contribution in [0.1, 0.15) is 21.5 Å². The standard InChI is InChI=1S/C21H20N2O4S/c1-12-7-6-8-13(2)18(12)23-16(24)11-28-20-17(21(26)27-3)19(25)14-9-4-5-10-15(14)22-20/h4-10H,11H2,1-3H3,(H,22,25)(H,23,24). The molecule has 0 unspecified atom stereocenters. The van der Waals surface area contributed by atoms with E-state index in [1.54, 1.807) is 24.3 Å². The minimum atomic E-state index is -0.732. The Labute approximate surface area is 166 Å². The summed E-state index contributed by atoms with van der Waals surface area (Å²) < 4.78 is 4.77. The van der Waals surface area contributed by atoms with E-state index in [1.165, 1.54) is 7.11 Å². The van der Waals surface area contributed by atoms with Crippen LogP contribution in [0.3, 0.4) is 0 Å². The lowest BCUT2D eigenvalue weighted by atomic mass is 10.1. The number of hydrogen-bond donors (Lipinski definition) is 2. The number of carbonyl (C=O) groups is 2. The van der Waals surface area contributed by atoms with E-state index in [2.05, 4.69) is 10.3 Å². The van der Waals surface area contributed by atoms with Crippen molar-refractivity contribution in [3.8, 4) is 0 Å². The number of carbonyl (C=O) groups excluding carboxylic acids is 2. The van der Waals surface area contributed by atoms with Gasteiger partial charge in [-0.3, -0.25) is 9.59 Å². The number of rotatable bonds is 5. The van der Waals surface area contributed by atoms with Crippen molar-refractivity contribution < 1.29 is 14.3 Å². The molecular weight excluding hydrogens is 376 g/mol. The zero-order valence-corrected chi connectivity index (χ0v) is 16.6. The molecule has 0 spiro atoms. The van der Waals surface area contributed by atoms with Crippen LogP contribution in [0.25, 0.3) is 10.9 Å². The summed E-state index contributed by atoms with van der Waals surface area (Å²) in [6.45, 7) is 3.85. The second-order valence-electron chi connectivity index (χ2n) is 6.30. The number of ether oxygens (including phenoxy) is 1. The number of amides is 1. The van der Waals surface area contributed by atoms with Crippen molar-refractivity contribution >= 4 is 40.2 Å². The minimum absolute atomic E-state index is 0.0338. The van der Waals surface area contributed by atoms with E-state index in [0.29, 0.717) is 15.9 Å². The second kappa shape index (κ2) is 8.31. The van der Waals surface area contributed by atoms with Crippen molar-refractivity contribution in [2.75, 3.05) is 18.2 Å². The van der Waals surface area contributed by atoms with Crippen LogP contribution in [0.2, 0.25) is 0 Å². The lowest BCUT2D eigenvalue weighted by Crippen LogP contribution is -2.21. The first-order valence-corrected chi connectivity index (χ1v) is 9.63. The molecule has 1 amide bonds. The van der Waals surface area contributed by atoms with Gasteiger partial charge in [0.1, 0.15) is 5.56 Å². The summed E-state index contributed by atoms with van der Waals surface area (Å²) in [7, 11) is 1.22. The number of aryl methyl sites for hydroxylation is 2. The van der Waals surface area contributed by atoms with Gasteiger partial charge in [-0.15, -0.1) is 0 Å². The van der Waals surface area contributed by atoms with E-state index in [1.807, 2.05) is 32.0 Å². The monoisotopic (exact) mass is 396 g/mol. The molecule has 1 heterocycles. The molecule has 0 aliphatic carbocycles. The van der Waals surface area contributed by atoms with Gasteiger partial charge < -0.3 is 15.0 Å². The maximum atomic E-state index is 12.7. The number of aromatic amines is 1. The molecule has 2 N–H and O–H groups in total. The predicted octanol–water partition coefficient (Wildman–Crippen LogP) is 3.66. The molecule has 0 aliphatic heterocycles. The number of methoxy groups -OCH3 is 1. The molecule has 0 fully saturated rings. The number of anilines is 1. The molecule has 0 bridgehead atoms. The van der Waals surface area contributed by atoms with Gasteiger partial charge in [-0.1, -0.05) is 42.1 Å². The van der Waals surface area contributed by atoms with Gasteiger partial charge in [0.15, 0.2) is 0 Å². The van der Waals surface area contributed by atoms with Crippen LogP contribution in [-0.4, -0.2) is 29.7 Å². The third-order valence-electron chi connectivity index (χ3n) is 4.36. The Balaban J connectivity index is 1.88. The number of fused-ring (bicyclic) bond motifs is 1. The number of H-pyrrole nitrogens is 1. The maximum Gasteiger partial charge on any atom is 0.344 e. The molecule has 0 aliphatic rings. The Bertz CT molecular complexity index is 1100. The van der Waals surface area contributed by atoms with Crippen LogP contribution in [0, 0.1) is 13.8 Å². The zero-order valence-electron chi connectivity index (χ0n) is 15.8. The number of para-hydroxylation sites is 2. The van der Waals surface area contributed by atoms with E-state index in [-0.39, 0.29) is 17.2 Å². The highest BCUT2D eigenvalue weighted by atomic mass is 32.2. The van der Waals surface area contributed by atoms with E-state index in [4.69, 9.17) is 4.74 Å². The lowest BCUT2D eigenvalue weighted by Gasteiger charge is -2.12. The van der Waals surface area contributed by atoms with E-state index in [0.717, 1.165) is 28.6 Å². The molecule has 1 aromatic heterocycles. The summed E-state index contributed by atoms with van der Waals surface area (Å²) in [6.07, 6.45) is 0. The summed E-state index contributed by atoms with van der Waals surface area (Å²) in [6, 6.07) is 12.7. The normalized spacial score (nSPS) is 10.7. The van der Waals surface area contributed by atoms with Gasteiger partial charge in [-0.25, -0.2) is 4.79 Å². The van der Waals surface area contributed by atoms with Crippen LogP contribution in [0.5, 0.6) is 0 Å². The van der Waals surface area contributed by atoms with Crippen LogP contribution in [0.4, 0.5) is 5.69 Å². The van der Waals surface area contributed by atoms with Crippen molar-refractivity contribution in [1.29, 1.82) is 0 Å². The molecule has 28 heavy (non-hydrogen) atoms. The summed E-state index contributed by atoms with van der Waals surface area (Å²) in [4.78, 5) is 40.4. The number of hydrogen-bond acceptors (Lipinski definition) is 5. The second-order valence-corrected chi connectivity index (χ2v) is 7.28. The molecule has 3 aromatic rings. The third-order valence-corrected chi connectivity index (χ3v) is 5.36. The Morgan fingerprint density at radius 3 is 2.43 bits per heavy atom. The zero-order chi connectivity index (χ0) is 20.3. The van der Waals surface area contributed by atoms with Crippen molar-refractivity contribution in [2.45, 2.75) is 18.9 Å². The molecule has 0 radical (unpaired) electrons. The molecule has 0 saturated carbocycles. The van der Waals surface area contributed by atoms with Gasteiger partial charge in [0.2, 0.25) is 11.3 Å². The number of benzene rings is 2. The Morgan fingerprint density at radius 1 is 1.07 bits per heavy atom. The number of thioether (sulfide) groups is 1. The molecule has 0 atom stereocenters. The fourth-order valence-corrected chi connectivity index (χ4v) is 3.78. The quantitative estimate of drug-likeness (QED) is 0.508. The van der Waals surface area contributed by atoms with Crippen molar-refractivity contribution in [1.82, 2.24) is 4.98 Å². The van der Waals surface area contributed by atoms with Gasteiger partial charge in [-0.2, -0.15) is 0 Å². The fourth-order valence-electron chi connectivity index (χ4n) is 2.93. The fraction of sp³-hybridized carbons (Fsp3) is 0.190. The van der Waals surface area contributed by atoms with Crippen molar-refractivity contribution in [3.05, 3.63) is 69.4 Å². The first kappa shape index (κ1) is 19.7. The van der Waals surface area contributed by atoms with Crippen LogP contribution in [-0.2, 0) is 9.53 Å². The smallest absolute Gasteiger partial charge is 0.344 e. The number of aromatic nitrogens is 1. The maximum absolute atomic E-state index is 12.7. The summed E-state index contributed by atoms with van der Waals surface area (Å²) in [5.74, 6) is -0.927. The van der Waals surface area contributed by atoms with E-state index in [9.17, 15) is 14.4 Å². The highest BCUT2D eigenvalue weighted by Crippen LogP contribution is 2.24. The van der Waals surface area contributed by atoms with Crippen LogP contribution >= 0.6 is 11.8 Å². The average Bonchev–Trinajstić information content (AvgIpc) is 2.69. The number of esters is 1. The first-order valence-electron chi connectivity index (χ1n) is 8.64. The largest absolute Gasteiger partial charge is 0.465 e. The lowest BCUT2D eigenvalue weighted by molar-refractivity contribution is -0.113. The minimum Gasteiger partial charge on any atom is -0.465 e. The van der Waals surface area contributed by atoms with Gasteiger partial charge in [0, 0.05) is 11.1 Å². The van der Waals surface area contributed by atoms with Gasteiger partial charge in [-0.05, 0) is 37.1 Å². The van der Waals surface area contributed by atoms with Crippen LogP contribution < -0.4 is 10.7 Å². The molecule has 7 heteroatoms. The number of nitrogens with one attached hydrogen (secondary N) is 2. The predicted molar refractivity (Wildman–Crippen MR) is 111 cm³/mol. The molecule has 3 rings (SSSR count). The van der Waals surface area contributed by atoms with E-state index >= 15 is 0 Å². The van der Waals surface area contributed by atoms with Gasteiger partial charge in [0.05, 0.1) is 23.4 Å². The van der Waals surface area contributed by atoms with Crippen molar-refractivity contribution in [2.24, 2.45) is 0 Å². The molecule has 0 saturated heterocycles. The molecular formula is C21H20N2O4S. The summed E-state index contributed by atoms with van der Waals surface area (Å²) >= 11 is 1.09. The van der Waals surface area contributed by atoms with E-state index < -0.39 is 11.4 Å². The molecule has 6 nitrogen and oxygen atoms in total. The molecule has 144 valence electrons. The van der Waals surface area contributed by atoms with Crippen molar-refractivity contribution in [3.63, 3.8) is 0 Å². The first-order chi connectivity index (χ1) is 13.4. The number of pyridine rings is 1. The third kappa shape index (κ3) is 3.94. The van der Waals surface area contributed by atoms with Gasteiger partial charge >= 0.3 is 5.97 Å². The van der Waals surface area contributed by atoms with Gasteiger partial charge in [0.25, 0.3) is 0 Å². The average molecular weight is 396 g/mol. The molecule has 2 aromatic carbocycles. The Hall–Kier alpha value is -3.06. The topological polar surface area (TPSA) is 88.3 Å². The highest BCUT2D eigenvalue weighted by Gasteiger charge is 2.21. The summed E-state index contributed by atoms with van der Waals surface area (Å²) in [5, 5.41) is 3.60. The Kier molecular flexibility index (Phi) is 5.84. The Morgan fingerprint density at radius 2 is 1.75 bits per heavy atom. The highest BCUT2D eigenvalue weighted by molar-refractivity contribution is 8.00.